The van der Waals surface area contributed by atoms with Crippen molar-refractivity contribution in [3.63, 3.8) is 0 Å². The van der Waals surface area contributed by atoms with Crippen LogP contribution in [-0.4, -0.2) is 30.3 Å². The minimum atomic E-state index is -0.889. The van der Waals surface area contributed by atoms with Crippen molar-refractivity contribution in [1.29, 1.82) is 0 Å². The van der Waals surface area contributed by atoms with Crippen LogP contribution in [0.1, 0.15) is 35.2 Å². The molecule has 0 amide bonds. The summed E-state index contributed by atoms with van der Waals surface area (Å²) in [4.78, 5) is 10.9. The molecule has 0 aromatic heterocycles. The Hall–Kier alpha value is -1.55. The molecule has 0 aliphatic heterocycles. The SMILES string of the molecule is COC1CCCC1Nc1ccc(C(=O)O)cc1C. The van der Waals surface area contributed by atoms with Gasteiger partial charge in [-0.3, -0.25) is 0 Å². The lowest BCUT2D eigenvalue weighted by atomic mass is 10.1. The van der Waals surface area contributed by atoms with E-state index in [9.17, 15) is 4.79 Å². The number of rotatable bonds is 4. The standard InChI is InChI=1S/C14H19NO3/c1-9-8-10(14(16)17)6-7-11(9)15-12-4-3-5-13(12)18-2/h6-8,12-13,15H,3-5H2,1-2H3,(H,16,17). The van der Waals surface area contributed by atoms with Gasteiger partial charge in [0.15, 0.2) is 0 Å². The molecule has 0 bridgehead atoms. The van der Waals surface area contributed by atoms with E-state index in [2.05, 4.69) is 5.32 Å². The molecule has 2 atom stereocenters. The van der Waals surface area contributed by atoms with Gasteiger partial charge >= 0.3 is 5.97 Å². The van der Waals surface area contributed by atoms with Crippen LogP contribution in [0.3, 0.4) is 0 Å². The van der Waals surface area contributed by atoms with Crippen LogP contribution in [0.4, 0.5) is 5.69 Å². The number of hydrogen-bond acceptors (Lipinski definition) is 3. The van der Waals surface area contributed by atoms with Gasteiger partial charge in [-0.1, -0.05) is 0 Å². The highest BCUT2D eigenvalue weighted by Crippen LogP contribution is 2.26. The fraction of sp³-hybridized carbons (Fsp3) is 0.500. The quantitative estimate of drug-likeness (QED) is 0.861. The second-order valence-electron chi connectivity index (χ2n) is 4.79. The number of aryl methyl sites for hydroxylation is 1. The predicted octanol–water partition coefficient (Wildman–Crippen LogP) is 2.67. The number of ether oxygens (including phenoxy) is 1. The molecule has 1 saturated carbocycles. The summed E-state index contributed by atoms with van der Waals surface area (Å²) in [6.07, 6.45) is 3.60. The molecular formula is C14H19NO3. The molecule has 0 radical (unpaired) electrons. The average molecular weight is 249 g/mol. The van der Waals surface area contributed by atoms with E-state index in [1.807, 2.05) is 13.0 Å². The van der Waals surface area contributed by atoms with Crippen LogP contribution in [0.2, 0.25) is 0 Å². The number of hydrogen-bond donors (Lipinski definition) is 2. The summed E-state index contributed by atoms with van der Waals surface area (Å²) in [5.41, 5.74) is 2.28. The highest BCUT2D eigenvalue weighted by Gasteiger charge is 2.27. The molecule has 4 heteroatoms. The summed E-state index contributed by atoms with van der Waals surface area (Å²) in [6, 6.07) is 5.49. The van der Waals surface area contributed by atoms with E-state index in [0.29, 0.717) is 11.6 Å². The van der Waals surface area contributed by atoms with Gasteiger partial charge in [-0.25, -0.2) is 4.79 Å². The maximum absolute atomic E-state index is 10.9. The smallest absolute Gasteiger partial charge is 0.335 e. The first-order valence-electron chi connectivity index (χ1n) is 6.25. The number of methoxy groups -OCH3 is 1. The Labute approximate surface area is 107 Å². The van der Waals surface area contributed by atoms with Crippen molar-refractivity contribution in [2.45, 2.75) is 38.3 Å². The molecule has 2 N–H and O–H groups in total. The third kappa shape index (κ3) is 2.64. The van der Waals surface area contributed by atoms with Crippen LogP contribution in [-0.2, 0) is 4.74 Å². The molecule has 2 unspecified atom stereocenters. The predicted molar refractivity (Wildman–Crippen MR) is 70.2 cm³/mol. The second kappa shape index (κ2) is 5.40. The lowest BCUT2D eigenvalue weighted by Crippen LogP contribution is -2.30. The van der Waals surface area contributed by atoms with Crippen LogP contribution in [0, 0.1) is 6.92 Å². The Morgan fingerprint density at radius 1 is 1.44 bits per heavy atom. The summed E-state index contributed by atoms with van der Waals surface area (Å²) >= 11 is 0. The van der Waals surface area contributed by atoms with Crippen LogP contribution in [0.25, 0.3) is 0 Å². The summed E-state index contributed by atoms with van der Waals surface area (Å²) in [5, 5.41) is 12.4. The van der Waals surface area contributed by atoms with E-state index in [1.165, 1.54) is 6.42 Å². The number of carboxylic acid groups (broad SMARTS) is 1. The van der Waals surface area contributed by atoms with Crippen LogP contribution < -0.4 is 5.32 Å². The van der Waals surface area contributed by atoms with E-state index in [-0.39, 0.29) is 6.10 Å². The third-order valence-corrected chi connectivity index (χ3v) is 3.57. The highest BCUT2D eigenvalue weighted by atomic mass is 16.5. The molecule has 1 aliphatic rings. The normalized spacial score (nSPS) is 23.0. The zero-order chi connectivity index (χ0) is 13.1. The van der Waals surface area contributed by atoms with Crippen molar-refractivity contribution < 1.29 is 14.6 Å². The van der Waals surface area contributed by atoms with E-state index in [4.69, 9.17) is 9.84 Å². The van der Waals surface area contributed by atoms with Gasteiger partial charge in [0.1, 0.15) is 0 Å². The van der Waals surface area contributed by atoms with Gasteiger partial charge in [0, 0.05) is 12.8 Å². The molecule has 0 spiro atoms. The fourth-order valence-corrected chi connectivity index (χ4v) is 2.53. The summed E-state index contributed by atoms with van der Waals surface area (Å²) in [6.45, 7) is 1.92. The molecule has 1 aromatic carbocycles. The van der Waals surface area contributed by atoms with Gasteiger partial charge in [0.25, 0.3) is 0 Å². The van der Waals surface area contributed by atoms with E-state index < -0.39 is 5.97 Å². The van der Waals surface area contributed by atoms with Crippen molar-refractivity contribution >= 4 is 11.7 Å². The van der Waals surface area contributed by atoms with Gasteiger partial charge in [-0.05, 0) is 49.9 Å². The molecule has 98 valence electrons. The number of aromatic carboxylic acids is 1. The van der Waals surface area contributed by atoms with Crippen LogP contribution >= 0.6 is 0 Å². The fourth-order valence-electron chi connectivity index (χ4n) is 2.53. The first-order valence-corrected chi connectivity index (χ1v) is 6.25. The Kier molecular flexibility index (Phi) is 3.87. The third-order valence-electron chi connectivity index (χ3n) is 3.57. The lowest BCUT2D eigenvalue weighted by Gasteiger charge is -2.22. The maximum Gasteiger partial charge on any atom is 0.335 e. The lowest BCUT2D eigenvalue weighted by molar-refractivity contribution is 0.0697. The minimum Gasteiger partial charge on any atom is -0.478 e. The molecule has 0 saturated heterocycles. The molecule has 1 aliphatic carbocycles. The van der Waals surface area contributed by atoms with Crippen molar-refractivity contribution in [1.82, 2.24) is 0 Å². The molecular weight excluding hydrogens is 230 g/mol. The van der Waals surface area contributed by atoms with Crippen molar-refractivity contribution in [3.8, 4) is 0 Å². The number of nitrogens with one attached hydrogen (secondary N) is 1. The first kappa shape index (κ1) is 12.9. The Bertz CT molecular complexity index is 445. The summed E-state index contributed by atoms with van der Waals surface area (Å²) < 4.78 is 5.44. The molecule has 18 heavy (non-hydrogen) atoms. The van der Waals surface area contributed by atoms with Gasteiger partial charge < -0.3 is 15.2 Å². The molecule has 4 nitrogen and oxygen atoms in total. The molecule has 1 fully saturated rings. The molecule has 2 rings (SSSR count). The number of benzene rings is 1. The number of carboxylic acids is 1. The molecule has 0 heterocycles. The van der Waals surface area contributed by atoms with Gasteiger partial charge in [0.05, 0.1) is 17.7 Å². The number of carbonyl (C=O) groups is 1. The average Bonchev–Trinajstić information content (AvgIpc) is 2.78. The largest absolute Gasteiger partial charge is 0.478 e. The number of anilines is 1. The Morgan fingerprint density at radius 3 is 2.83 bits per heavy atom. The van der Waals surface area contributed by atoms with Gasteiger partial charge in [-0.2, -0.15) is 0 Å². The second-order valence-corrected chi connectivity index (χ2v) is 4.79. The van der Waals surface area contributed by atoms with Crippen LogP contribution in [0.5, 0.6) is 0 Å². The van der Waals surface area contributed by atoms with Crippen molar-refractivity contribution in [2.24, 2.45) is 0 Å². The van der Waals surface area contributed by atoms with Crippen molar-refractivity contribution in [2.75, 3.05) is 12.4 Å². The summed E-state index contributed by atoms with van der Waals surface area (Å²) in [5.74, 6) is -0.889. The van der Waals surface area contributed by atoms with E-state index in [1.54, 1.807) is 19.2 Å². The maximum atomic E-state index is 10.9. The van der Waals surface area contributed by atoms with Crippen molar-refractivity contribution in [3.05, 3.63) is 29.3 Å². The topological polar surface area (TPSA) is 58.6 Å². The first-order chi connectivity index (χ1) is 8.61. The summed E-state index contributed by atoms with van der Waals surface area (Å²) in [7, 11) is 1.74. The van der Waals surface area contributed by atoms with E-state index in [0.717, 1.165) is 24.1 Å². The van der Waals surface area contributed by atoms with Gasteiger partial charge in [-0.15, -0.1) is 0 Å². The molecule has 1 aromatic rings. The minimum absolute atomic E-state index is 0.253. The highest BCUT2D eigenvalue weighted by molar-refractivity contribution is 5.88. The Balaban J connectivity index is 2.12. The Morgan fingerprint density at radius 2 is 2.22 bits per heavy atom. The van der Waals surface area contributed by atoms with Crippen LogP contribution in [0.15, 0.2) is 18.2 Å². The zero-order valence-corrected chi connectivity index (χ0v) is 10.8. The van der Waals surface area contributed by atoms with E-state index >= 15 is 0 Å². The zero-order valence-electron chi connectivity index (χ0n) is 10.8. The van der Waals surface area contributed by atoms with Gasteiger partial charge in [0.2, 0.25) is 0 Å². The monoisotopic (exact) mass is 249 g/mol.